The van der Waals surface area contributed by atoms with Crippen molar-refractivity contribution in [2.75, 3.05) is 44.2 Å². The van der Waals surface area contributed by atoms with Crippen LogP contribution in [-0.2, 0) is 10.0 Å². The molecule has 1 heterocycles. The third kappa shape index (κ3) is 6.31. The molecule has 2 N–H and O–H groups in total. The normalized spacial score (nSPS) is 17.9. The lowest BCUT2D eigenvalue weighted by Crippen LogP contribution is -2.48. The van der Waals surface area contributed by atoms with Crippen molar-refractivity contribution < 1.29 is 17.6 Å². The molecule has 178 valence electrons. The molecule has 0 aromatic heterocycles. The minimum absolute atomic E-state index is 0.0176. The summed E-state index contributed by atoms with van der Waals surface area (Å²) in [6.45, 7) is 4.58. The van der Waals surface area contributed by atoms with Crippen LogP contribution in [0.25, 0.3) is 0 Å². The molecule has 2 aromatic rings. The van der Waals surface area contributed by atoms with Crippen molar-refractivity contribution >= 4 is 21.6 Å². The van der Waals surface area contributed by atoms with Gasteiger partial charge in [-0.1, -0.05) is 18.9 Å². The van der Waals surface area contributed by atoms with Gasteiger partial charge in [0.05, 0.1) is 4.90 Å². The molecule has 1 aliphatic carbocycles. The second kappa shape index (κ2) is 10.6. The van der Waals surface area contributed by atoms with Gasteiger partial charge < -0.3 is 10.2 Å². The summed E-state index contributed by atoms with van der Waals surface area (Å²) in [5.74, 6) is -0.515. The van der Waals surface area contributed by atoms with Crippen LogP contribution >= 0.6 is 0 Å². The zero-order chi connectivity index (χ0) is 23.3. The maximum absolute atomic E-state index is 13.1. The van der Waals surface area contributed by atoms with Gasteiger partial charge >= 0.3 is 0 Å². The number of carbonyl (C=O) groups excluding carboxylic acids is 1. The van der Waals surface area contributed by atoms with Gasteiger partial charge in [0.1, 0.15) is 5.82 Å². The lowest BCUT2D eigenvalue weighted by Gasteiger charge is -2.36. The van der Waals surface area contributed by atoms with E-state index in [1.165, 1.54) is 24.3 Å². The van der Waals surface area contributed by atoms with Crippen LogP contribution in [0.5, 0.6) is 0 Å². The van der Waals surface area contributed by atoms with Crippen molar-refractivity contribution in [3.05, 3.63) is 59.9 Å². The predicted molar refractivity (Wildman–Crippen MR) is 126 cm³/mol. The molecule has 2 aromatic carbocycles. The Kier molecular flexibility index (Phi) is 7.62. The van der Waals surface area contributed by atoms with E-state index in [9.17, 15) is 17.6 Å². The quantitative estimate of drug-likeness (QED) is 0.615. The fourth-order valence-corrected chi connectivity index (χ4v) is 5.80. The molecule has 7 nitrogen and oxygen atoms in total. The van der Waals surface area contributed by atoms with E-state index in [1.54, 1.807) is 24.3 Å². The standard InChI is InChI=1S/C24H31FN4O3S/c25-20-8-10-22(11-9-20)29-16-14-28(15-17-29)13-12-26-24(30)19-4-3-7-23(18-19)33(31,32)27-21-5-1-2-6-21/h3-4,7-11,18,21,27H,1-2,5-6,12-17H2,(H,26,30). The molecule has 0 unspecified atom stereocenters. The highest BCUT2D eigenvalue weighted by molar-refractivity contribution is 7.89. The van der Waals surface area contributed by atoms with Crippen LogP contribution in [0.15, 0.2) is 53.4 Å². The zero-order valence-electron chi connectivity index (χ0n) is 18.7. The molecule has 1 amide bonds. The number of halogens is 1. The lowest BCUT2D eigenvalue weighted by atomic mass is 10.2. The van der Waals surface area contributed by atoms with Crippen molar-refractivity contribution in [3.8, 4) is 0 Å². The number of carbonyl (C=O) groups is 1. The highest BCUT2D eigenvalue weighted by atomic mass is 32.2. The topological polar surface area (TPSA) is 81.8 Å². The average Bonchev–Trinajstić information content (AvgIpc) is 3.32. The Balaban J connectivity index is 1.24. The van der Waals surface area contributed by atoms with Crippen molar-refractivity contribution in [1.29, 1.82) is 0 Å². The van der Waals surface area contributed by atoms with Gasteiger partial charge in [-0.05, 0) is 55.3 Å². The number of hydrogen-bond donors (Lipinski definition) is 2. The lowest BCUT2D eigenvalue weighted by molar-refractivity contribution is 0.0947. The van der Waals surface area contributed by atoms with Gasteiger partial charge in [0.15, 0.2) is 0 Å². The summed E-state index contributed by atoms with van der Waals surface area (Å²) in [5.41, 5.74) is 1.35. The number of sulfonamides is 1. The Morgan fingerprint density at radius 1 is 1.00 bits per heavy atom. The molecule has 0 spiro atoms. The molecule has 1 saturated heterocycles. The summed E-state index contributed by atoms with van der Waals surface area (Å²) in [7, 11) is -3.63. The molecule has 0 bridgehead atoms. The van der Waals surface area contributed by atoms with Crippen molar-refractivity contribution in [2.24, 2.45) is 0 Å². The molecule has 0 atom stereocenters. The molecule has 1 saturated carbocycles. The minimum atomic E-state index is -3.63. The van der Waals surface area contributed by atoms with E-state index in [2.05, 4.69) is 19.8 Å². The predicted octanol–water partition coefficient (Wildman–Crippen LogP) is 2.60. The van der Waals surface area contributed by atoms with Crippen LogP contribution in [-0.4, -0.2) is 64.5 Å². The summed E-state index contributed by atoms with van der Waals surface area (Å²) >= 11 is 0. The highest BCUT2D eigenvalue weighted by Crippen LogP contribution is 2.21. The molecule has 0 radical (unpaired) electrons. The first-order valence-corrected chi connectivity index (χ1v) is 13.0. The number of rotatable bonds is 8. The fourth-order valence-electron chi connectivity index (χ4n) is 4.45. The third-order valence-electron chi connectivity index (χ3n) is 6.36. The number of piperazine rings is 1. The highest BCUT2D eigenvalue weighted by Gasteiger charge is 2.23. The van der Waals surface area contributed by atoms with Crippen LogP contribution in [0.2, 0.25) is 0 Å². The number of nitrogens with one attached hydrogen (secondary N) is 2. The number of amides is 1. The number of benzene rings is 2. The van der Waals surface area contributed by atoms with Gasteiger partial charge in [0.25, 0.3) is 5.91 Å². The molecule has 4 rings (SSSR count). The first-order valence-electron chi connectivity index (χ1n) is 11.5. The number of anilines is 1. The largest absolute Gasteiger partial charge is 0.369 e. The monoisotopic (exact) mass is 474 g/mol. The number of hydrogen-bond acceptors (Lipinski definition) is 5. The van der Waals surface area contributed by atoms with Gasteiger partial charge in [-0.2, -0.15) is 0 Å². The van der Waals surface area contributed by atoms with Crippen LogP contribution in [0.1, 0.15) is 36.0 Å². The fraction of sp³-hybridized carbons (Fsp3) is 0.458. The van der Waals surface area contributed by atoms with E-state index in [4.69, 9.17) is 0 Å². The summed E-state index contributed by atoms with van der Waals surface area (Å²) < 4.78 is 41.2. The van der Waals surface area contributed by atoms with E-state index < -0.39 is 10.0 Å². The van der Waals surface area contributed by atoms with Gasteiger partial charge in [-0.15, -0.1) is 0 Å². The van der Waals surface area contributed by atoms with E-state index in [-0.39, 0.29) is 22.7 Å². The van der Waals surface area contributed by atoms with Gasteiger partial charge in [-0.25, -0.2) is 17.5 Å². The summed E-state index contributed by atoms with van der Waals surface area (Å²) in [6.07, 6.45) is 3.79. The zero-order valence-corrected chi connectivity index (χ0v) is 19.5. The van der Waals surface area contributed by atoms with Crippen LogP contribution in [0.4, 0.5) is 10.1 Å². The summed E-state index contributed by atoms with van der Waals surface area (Å²) in [5, 5.41) is 2.90. The average molecular weight is 475 g/mol. The summed E-state index contributed by atoms with van der Waals surface area (Å²) in [6, 6.07) is 12.7. The SMILES string of the molecule is O=C(NCCN1CCN(c2ccc(F)cc2)CC1)c1cccc(S(=O)(=O)NC2CCCC2)c1. The van der Waals surface area contributed by atoms with Crippen LogP contribution < -0.4 is 14.9 Å². The van der Waals surface area contributed by atoms with Gasteiger partial charge in [-0.3, -0.25) is 9.69 Å². The molecular formula is C24H31FN4O3S. The maximum Gasteiger partial charge on any atom is 0.251 e. The van der Waals surface area contributed by atoms with Gasteiger partial charge in [0, 0.05) is 56.6 Å². The Morgan fingerprint density at radius 2 is 1.70 bits per heavy atom. The van der Waals surface area contributed by atoms with Crippen molar-refractivity contribution in [2.45, 2.75) is 36.6 Å². The third-order valence-corrected chi connectivity index (χ3v) is 7.88. The van der Waals surface area contributed by atoms with E-state index in [1.807, 2.05) is 0 Å². The number of nitrogens with zero attached hydrogens (tertiary/aromatic N) is 2. The van der Waals surface area contributed by atoms with E-state index in [0.717, 1.165) is 57.5 Å². The van der Waals surface area contributed by atoms with Gasteiger partial charge in [0.2, 0.25) is 10.0 Å². The second-order valence-corrected chi connectivity index (χ2v) is 10.4. The molecule has 33 heavy (non-hydrogen) atoms. The smallest absolute Gasteiger partial charge is 0.251 e. The minimum Gasteiger partial charge on any atom is -0.369 e. The molecular weight excluding hydrogens is 443 g/mol. The van der Waals surface area contributed by atoms with E-state index in [0.29, 0.717) is 18.7 Å². The maximum atomic E-state index is 13.1. The second-order valence-electron chi connectivity index (χ2n) is 8.69. The Labute approximate surface area is 195 Å². The summed E-state index contributed by atoms with van der Waals surface area (Å²) in [4.78, 5) is 17.2. The molecule has 1 aliphatic heterocycles. The van der Waals surface area contributed by atoms with Crippen molar-refractivity contribution in [3.63, 3.8) is 0 Å². The molecule has 2 fully saturated rings. The Morgan fingerprint density at radius 3 is 2.39 bits per heavy atom. The van der Waals surface area contributed by atoms with Crippen LogP contribution in [0.3, 0.4) is 0 Å². The van der Waals surface area contributed by atoms with Crippen molar-refractivity contribution in [1.82, 2.24) is 14.9 Å². The van der Waals surface area contributed by atoms with E-state index >= 15 is 0 Å². The molecule has 2 aliphatic rings. The molecule has 9 heteroatoms. The Hall–Kier alpha value is -2.49. The Bertz CT molecular complexity index is 1050. The first kappa shape index (κ1) is 23.7. The van der Waals surface area contributed by atoms with Crippen LogP contribution in [0, 0.1) is 5.82 Å². The first-order chi connectivity index (χ1) is 15.9.